The number of rotatable bonds is 5. The van der Waals surface area contributed by atoms with Crippen molar-refractivity contribution in [3.05, 3.63) is 65.7 Å². The average Bonchev–Trinajstić information content (AvgIpc) is 3.16. The van der Waals surface area contributed by atoms with Gasteiger partial charge >= 0.3 is 0 Å². The molecule has 1 aromatic carbocycles. The number of carbonyl (C=O) groups excluding carboxylic acids is 1. The third kappa shape index (κ3) is 3.77. The van der Waals surface area contributed by atoms with Crippen LogP contribution in [0.4, 0.5) is 5.69 Å². The Kier molecular flexibility index (Phi) is 4.90. The van der Waals surface area contributed by atoms with Gasteiger partial charge in [-0.25, -0.2) is 9.50 Å². The summed E-state index contributed by atoms with van der Waals surface area (Å²) in [7, 11) is 1.60. The van der Waals surface area contributed by atoms with Crippen LogP contribution >= 0.6 is 0 Å². The molecule has 0 aliphatic rings. The standard InChI is InChI=1S/C21H20N6O2/c1-13-18(11-19(28)24-16-6-8-17(29-3)9-7-16)14(2)27-21(23-13)25-20(26-27)15-5-4-10-22-12-15/h4-10,12H,11H2,1-3H3,(H,24,28). The molecule has 0 aliphatic carbocycles. The molecule has 0 fully saturated rings. The van der Waals surface area contributed by atoms with Gasteiger partial charge in [-0.2, -0.15) is 4.98 Å². The van der Waals surface area contributed by atoms with Crippen LogP contribution in [-0.4, -0.2) is 37.6 Å². The van der Waals surface area contributed by atoms with Crippen LogP contribution in [-0.2, 0) is 11.2 Å². The Morgan fingerprint density at radius 2 is 1.93 bits per heavy atom. The number of hydrogen-bond acceptors (Lipinski definition) is 6. The molecular formula is C21H20N6O2. The fraction of sp³-hybridized carbons (Fsp3) is 0.190. The van der Waals surface area contributed by atoms with Gasteiger partial charge in [-0.1, -0.05) is 0 Å². The highest BCUT2D eigenvalue weighted by molar-refractivity contribution is 5.92. The van der Waals surface area contributed by atoms with E-state index in [1.54, 1.807) is 48.3 Å². The summed E-state index contributed by atoms with van der Waals surface area (Å²) in [5.41, 5.74) is 3.94. The van der Waals surface area contributed by atoms with Crippen LogP contribution in [0.5, 0.6) is 5.75 Å². The SMILES string of the molecule is COc1ccc(NC(=O)Cc2c(C)nc3nc(-c4cccnc4)nn3c2C)cc1. The van der Waals surface area contributed by atoms with Gasteiger partial charge < -0.3 is 10.1 Å². The number of benzene rings is 1. The van der Waals surface area contributed by atoms with Gasteiger partial charge in [0.15, 0.2) is 5.82 Å². The highest BCUT2D eigenvalue weighted by Gasteiger charge is 2.17. The first-order valence-corrected chi connectivity index (χ1v) is 9.12. The Bertz CT molecular complexity index is 1170. The molecule has 4 rings (SSSR count). The summed E-state index contributed by atoms with van der Waals surface area (Å²) in [6.07, 6.45) is 3.60. The van der Waals surface area contributed by atoms with Crippen molar-refractivity contribution in [1.29, 1.82) is 0 Å². The molecule has 0 saturated heterocycles. The lowest BCUT2D eigenvalue weighted by Gasteiger charge is -2.11. The van der Waals surface area contributed by atoms with E-state index < -0.39 is 0 Å². The maximum Gasteiger partial charge on any atom is 0.253 e. The highest BCUT2D eigenvalue weighted by Crippen LogP contribution is 2.20. The molecule has 0 atom stereocenters. The first-order chi connectivity index (χ1) is 14.0. The van der Waals surface area contributed by atoms with Crippen molar-refractivity contribution in [2.24, 2.45) is 0 Å². The van der Waals surface area contributed by atoms with Crippen molar-refractivity contribution >= 4 is 17.4 Å². The van der Waals surface area contributed by atoms with Crippen LogP contribution in [0, 0.1) is 13.8 Å². The second-order valence-corrected chi connectivity index (χ2v) is 6.60. The second kappa shape index (κ2) is 7.67. The maximum atomic E-state index is 12.6. The molecule has 146 valence electrons. The van der Waals surface area contributed by atoms with Crippen LogP contribution in [0.2, 0.25) is 0 Å². The number of nitrogens with zero attached hydrogens (tertiary/aromatic N) is 5. The lowest BCUT2D eigenvalue weighted by Crippen LogP contribution is -2.17. The van der Waals surface area contributed by atoms with Crippen molar-refractivity contribution in [3.63, 3.8) is 0 Å². The average molecular weight is 388 g/mol. The molecule has 3 aromatic heterocycles. The Morgan fingerprint density at radius 1 is 1.14 bits per heavy atom. The third-order valence-electron chi connectivity index (χ3n) is 4.68. The summed E-state index contributed by atoms with van der Waals surface area (Å²) in [5.74, 6) is 1.65. The molecule has 0 radical (unpaired) electrons. The van der Waals surface area contributed by atoms with Gasteiger partial charge in [0.1, 0.15) is 5.75 Å². The fourth-order valence-electron chi connectivity index (χ4n) is 3.12. The molecule has 0 unspecified atom stereocenters. The van der Waals surface area contributed by atoms with Crippen molar-refractivity contribution in [1.82, 2.24) is 24.6 Å². The molecule has 1 amide bonds. The molecule has 0 spiro atoms. The molecule has 0 aliphatic heterocycles. The molecule has 8 nitrogen and oxygen atoms in total. The van der Waals surface area contributed by atoms with E-state index in [0.717, 1.165) is 28.3 Å². The molecule has 4 aromatic rings. The normalized spacial score (nSPS) is 10.9. The predicted molar refractivity (Wildman–Crippen MR) is 109 cm³/mol. The number of amides is 1. The summed E-state index contributed by atoms with van der Waals surface area (Å²) >= 11 is 0. The Morgan fingerprint density at radius 3 is 2.62 bits per heavy atom. The second-order valence-electron chi connectivity index (χ2n) is 6.60. The van der Waals surface area contributed by atoms with Crippen LogP contribution in [0.3, 0.4) is 0 Å². The van der Waals surface area contributed by atoms with Crippen LogP contribution in [0.1, 0.15) is 17.0 Å². The Hall–Kier alpha value is -3.81. The van der Waals surface area contributed by atoms with Crippen molar-refractivity contribution in [2.45, 2.75) is 20.3 Å². The molecule has 0 saturated carbocycles. The van der Waals surface area contributed by atoms with Crippen LogP contribution < -0.4 is 10.1 Å². The lowest BCUT2D eigenvalue weighted by atomic mass is 10.1. The monoisotopic (exact) mass is 388 g/mol. The Labute approximate surface area is 167 Å². The number of hydrogen-bond donors (Lipinski definition) is 1. The molecule has 0 bridgehead atoms. The van der Waals surface area contributed by atoms with Gasteiger partial charge in [0.25, 0.3) is 5.78 Å². The minimum absolute atomic E-state index is 0.130. The number of anilines is 1. The van der Waals surface area contributed by atoms with E-state index in [-0.39, 0.29) is 12.3 Å². The van der Waals surface area contributed by atoms with E-state index in [4.69, 9.17) is 4.74 Å². The summed E-state index contributed by atoms with van der Waals surface area (Å²) in [5, 5.41) is 7.45. The highest BCUT2D eigenvalue weighted by atomic mass is 16.5. The van der Waals surface area contributed by atoms with Gasteiger partial charge in [0, 0.05) is 40.6 Å². The van der Waals surface area contributed by atoms with Gasteiger partial charge in [0.05, 0.1) is 13.5 Å². The van der Waals surface area contributed by atoms with E-state index in [1.807, 2.05) is 26.0 Å². The van der Waals surface area contributed by atoms with Crippen molar-refractivity contribution < 1.29 is 9.53 Å². The number of nitrogens with one attached hydrogen (secondary N) is 1. The number of fused-ring (bicyclic) bond motifs is 1. The van der Waals surface area contributed by atoms with Crippen molar-refractivity contribution in [3.8, 4) is 17.1 Å². The Balaban J connectivity index is 1.60. The summed E-state index contributed by atoms with van der Waals surface area (Å²) in [6, 6.07) is 10.9. The number of carbonyl (C=O) groups is 1. The quantitative estimate of drug-likeness (QED) is 0.565. The number of aromatic nitrogens is 5. The minimum Gasteiger partial charge on any atom is -0.497 e. The van der Waals surface area contributed by atoms with Crippen molar-refractivity contribution in [2.75, 3.05) is 12.4 Å². The third-order valence-corrected chi connectivity index (χ3v) is 4.68. The first-order valence-electron chi connectivity index (χ1n) is 9.12. The van der Waals surface area contributed by atoms with Gasteiger partial charge in [-0.15, -0.1) is 5.10 Å². The maximum absolute atomic E-state index is 12.6. The molecule has 3 heterocycles. The predicted octanol–water partition coefficient (Wildman–Crippen LogP) is 2.99. The minimum atomic E-state index is -0.130. The van der Waals surface area contributed by atoms with E-state index in [0.29, 0.717) is 17.3 Å². The van der Waals surface area contributed by atoms with Gasteiger partial charge in [-0.05, 0) is 50.2 Å². The van der Waals surface area contributed by atoms with E-state index in [9.17, 15) is 4.79 Å². The number of ether oxygens (including phenoxy) is 1. The summed E-state index contributed by atoms with van der Waals surface area (Å²) < 4.78 is 6.81. The fourth-order valence-corrected chi connectivity index (χ4v) is 3.12. The number of pyridine rings is 1. The van der Waals surface area contributed by atoms with Crippen LogP contribution in [0.25, 0.3) is 17.2 Å². The number of aryl methyl sites for hydroxylation is 2. The van der Waals surface area contributed by atoms with E-state index in [1.165, 1.54) is 0 Å². The molecule has 8 heteroatoms. The van der Waals surface area contributed by atoms with E-state index >= 15 is 0 Å². The first kappa shape index (κ1) is 18.5. The molecule has 29 heavy (non-hydrogen) atoms. The van der Waals surface area contributed by atoms with E-state index in [2.05, 4.69) is 25.4 Å². The largest absolute Gasteiger partial charge is 0.497 e. The zero-order valence-corrected chi connectivity index (χ0v) is 16.4. The smallest absolute Gasteiger partial charge is 0.253 e. The molecule has 1 N–H and O–H groups in total. The van der Waals surface area contributed by atoms with Gasteiger partial charge in [0.2, 0.25) is 5.91 Å². The van der Waals surface area contributed by atoms with Gasteiger partial charge in [-0.3, -0.25) is 9.78 Å². The zero-order chi connectivity index (χ0) is 20.4. The lowest BCUT2D eigenvalue weighted by molar-refractivity contribution is -0.115. The number of methoxy groups -OCH3 is 1. The zero-order valence-electron chi connectivity index (χ0n) is 16.4. The summed E-state index contributed by atoms with van der Waals surface area (Å²) in [4.78, 5) is 25.7. The topological polar surface area (TPSA) is 94.3 Å². The van der Waals surface area contributed by atoms with Crippen LogP contribution in [0.15, 0.2) is 48.8 Å². The summed E-state index contributed by atoms with van der Waals surface area (Å²) in [6.45, 7) is 3.79. The molecular weight excluding hydrogens is 368 g/mol.